The Kier molecular flexibility index (Phi) is 5.23. The third kappa shape index (κ3) is 3.56. The molecule has 0 spiro atoms. The Hall–Kier alpha value is -1.55. The highest BCUT2D eigenvalue weighted by atomic mass is 16.5. The number of aromatic nitrogens is 2. The van der Waals surface area contributed by atoms with Gasteiger partial charge >= 0.3 is 0 Å². The summed E-state index contributed by atoms with van der Waals surface area (Å²) < 4.78 is 7.96. The van der Waals surface area contributed by atoms with Crippen molar-refractivity contribution >= 4 is 11.0 Å². The van der Waals surface area contributed by atoms with Crippen LogP contribution in [0, 0.1) is 5.92 Å². The Labute approximate surface area is 127 Å². The van der Waals surface area contributed by atoms with Gasteiger partial charge in [-0.2, -0.15) is 0 Å². The molecule has 2 N–H and O–H groups in total. The monoisotopic (exact) mass is 289 g/mol. The zero-order valence-corrected chi connectivity index (χ0v) is 13.6. The maximum Gasteiger partial charge on any atom is 0.126 e. The lowest BCUT2D eigenvalue weighted by molar-refractivity contribution is 0.318. The first kappa shape index (κ1) is 15.8. The van der Waals surface area contributed by atoms with Crippen LogP contribution in [0.2, 0.25) is 0 Å². The van der Waals surface area contributed by atoms with E-state index >= 15 is 0 Å². The van der Waals surface area contributed by atoms with Crippen LogP contribution in [-0.2, 0) is 6.54 Å². The molecule has 116 valence electrons. The van der Waals surface area contributed by atoms with Crippen molar-refractivity contribution < 1.29 is 4.74 Å². The van der Waals surface area contributed by atoms with Crippen LogP contribution in [0.4, 0.5) is 0 Å². The molecule has 0 saturated carbocycles. The van der Waals surface area contributed by atoms with Gasteiger partial charge in [0.15, 0.2) is 0 Å². The summed E-state index contributed by atoms with van der Waals surface area (Å²) in [5.41, 5.74) is 8.36. The fourth-order valence-corrected chi connectivity index (χ4v) is 2.46. The largest absolute Gasteiger partial charge is 0.494 e. The maximum atomic E-state index is 6.24. The lowest BCUT2D eigenvalue weighted by Crippen LogP contribution is -2.17. The van der Waals surface area contributed by atoms with Gasteiger partial charge in [0, 0.05) is 12.6 Å². The molecule has 0 aliphatic rings. The van der Waals surface area contributed by atoms with Gasteiger partial charge in [-0.25, -0.2) is 4.98 Å². The molecule has 0 aliphatic carbocycles. The molecule has 0 aliphatic heterocycles. The van der Waals surface area contributed by atoms with E-state index < -0.39 is 0 Å². The van der Waals surface area contributed by atoms with E-state index in [1.807, 2.05) is 12.1 Å². The number of nitrogens with two attached hydrogens (primary N) is 1. The van der Waals surface area contributed by atoms with Crippen LogP contribution in [0.15, 0.2) is 18.2 Å². The van der Waals surface area contributed by atoms with Crippen LogP contribution in [0.3, 0.4) is 0 Å². The standard InChI is InChI=1S/C17H27N3O/c1-5-9-21-13-7-8-16-15(10-13)19-17(14(18)6-2)20(16)11-12(3)4/h7-8,10,12,14H,5-6,9,11,18H2,1-4H3. The Morgan fingerprint density at radius 2 is 2.05 bits per heavy atom. The number of benzene rings is 1. The predicted octanol–water partition coefficient (Wildman–Crippen LogP) is 3.89. The lowest BCUT2D eigenvalue weighted by Gasteiger charge is -2.15. The van der Waals surface area contributed by atoms with Gasteiger partial charge in [-0.15, -0.1) is 0 Å². The van der Waals surface area contributed by atoms with E-state index in [0.717, 1.165) is 48.6 Å². The third-order valence-corrected chi connectivity index (χ3v) is 3.54. The maximum absolute atomic E-state index is 6.24. The molecule has 0 bridgehead atoms. The average Bonchev–Trinajstić information content (AvgIpc) is 2.81. The lowest BCUT2D eigenvalue weighted by atomic mass is 10.2. The molecule has 0 radical (unpaired) electrons. The smallest absolute Gasteiger partial charge is 0.126 e. The number of rotatable bonds is 7. The highest BCUT2D eigenvalue weighted by Gasteiger charge is 2.17. The summed E-state index contributed by atoms with van der Waals surface area (Å²) >= 11 is 0. The number of ether oxygens (including phenoxy) is 1. The molecule has 1 atom stereocenters. The van der Waals surface area contributed by atoms with E-state index in [4.69, 9.17) is 15.5 Å². The summed E-state index contributed by atoms with van der Waals surface area (Å²) in [7, 11) is 0. The fraction of sp³-hybridized carbons (Fsp3) is 0.588. The van der Waals surface area contributed by atoms with Crippen LogP contribution in [0.5, 0.6) is 5.75 Å². The molecule has 1 heterocycles. The highest BCUT2D eigenvalue weighted by molar-refractivity contribution is 5.78. The molecule has 1 unspecified atom stereocenters. The Morgan fingerprint density at radius 3 is 2.67 bits per heavy atom. The van der Waals surface area contributed by atoms with Crippen molar-refractivity contribution in [1.82, 2.24) is 9.55 Å². The normalized spacial score (nSPS) is 13.0. The summed E-state index contributed by atoms with van der Waals surface area (Å²) in [5, 5.41) is 0. The first-order valence-corrected chi connectivity index (χ1v) is 7.95. The molecule has 2 aromatic rings. The molecule has 0 saturated heterocycles. The van der Waals surface area contributed by atoms with E-state index in [2.05, 4.69) is 38.3 Å². The number of hydrogen-bond acceptors (Lipinski definition) is 3. The predicted molar refractivity (Wildman–Crippen MR) is 87.6 cm³/mol. The minimum atomic E-state index is -0.0174. The summed E-state index contributed by atoms with van der Waals surface area (Å²) in [6.45, 7) is 10.3. The Morgan fingerprint density at radius 1 is 1.29 bits per heavy atom. The van der Waals surface area contributed by atoms with Crippen LogP contribution in [-0.4, -0.2) is 16.2 Å². The molecule has 0 fully saturated rings. The van der Waals surface area contributed by atoms with Gasteiger partial charge in [-0.1, -0.05) is 27.7 Å². The Bertz CT molecular complexity index is 589. The summed E-state index contributed by atoms with van der Waals surface area (Å²) in [4.78, 5) is 4.76. The molecule has 0 amide bonds. The van der Waals surface area contributed by atoms with Crippen molar-refractivity contribution in [2.45, 2.75) is 53.1 Å². The second-order valence-electron chi connectivity index (χ2n) is 5.99. The first-order chi connectivity index (χ1) is 10.1. The molecule has 1 aromatic heterocycles. The van der Waals surface area contributed by atoms with E-state index in [1.54, 1.807) is 0 Å². The second-order valence-corrected chi connectivity index (χ2v) is 5.99. The van der Waals surface area contributed by atoms with Crippen molar-refractivity contribution in [3.05, 3.63) is 24.0 Å². The number of hydrogen-bond donors (Lipinski definition) is 1. The van der Waals surface area contributed by atoms with Gasteiger partial charge < -0.3 is 15.0 Å². The molecule has 4 heteroatoms. The van der Waals surface area contributed by atoms with E-state index in [-0.39, 0.29) is 6.04 Å². The Balaban J connectivity index is 2.45. The number of imidazole rings is 1. The molecule has 2 rings (SSSR count). The third-order valence-electron chi connectivity index (χ3n) is 3.54. The first-order valence-electron chi connectivity index (χ1n) is 7.95. The molecular formula is C17H27N3O. The van der Waals surface area contributed by atoms with Crippen molar-refractivity contribution in [2.24, 2.45) is 11.7 Å². The minimum Gasteiger partial charge on any atom is -0.494 e. The van der Waals surface area contributed by atoms with Crippen LogP contribution in [0.1, 0.15) is 52.4 Å². The van der Waals surface area contributed by atoms with Crippen molar-refractivity contribution in [2.75, 3.05) is 6.61 Å². The zero-order chi connectivity index (χ0) is 15.4. The molecule has 21 heavy (non-hydrogen) atoms. The number of nitrogens with zero attached hydrogens (tertiary/aromatic N) is 2. The van der Waals surface area contributed by atoms with Crippen LogP contribution >= 0.6 is 0 Å². The SMILES string of the molecule is CCCOc1ccc2c(c1)nc(C(N)CC)n2CC(C)C. The quantitative estimate of drug-likeness (QED) is 0.841. The molecule has 4 nitrogen and oxygen atoms in total. The van der Waals surface area contributed by atoms with Gasteiger partial charge in [0.2, 0.25) is 0 Å². The second kappa shape index (κ2) is 6.94. The molecular weight excluding hydrogens is 262 g/mol. The van der Waals surface area contributed by atoms with Crippen molar-refractivity contribution in [1.29, 1.82) is 0 Å². The van der Waals surface area contributed by atoms with Crippen LogP contribution < -0.4 is 10.5 Å². The van der Waals surface area contributed by atoms with Crippen molar-refractivity contribution in [3.8, 4) is 5.75 Å². The van der Waals surface area contributed by atoms with Crippen molar-refractivity contribution in [3.63, 3.8) is 0 Å². The van der Waals surface area contributed by atoms with Gasteiger partial charge in [-0.05, 0) is 30.9 Å². The van der Waals surface area contributed by atoms with Gasteiger partial charge in [0.05, 0.1) is 23.7 Å². The van der Waals surface area contributed by atoms with E-state index in [9.17, 15) is 0 Å². The number of fused-ring (bicyclic) bond motifs is 1. The average molecular weight is 289 g/mol. The summed E-state index contributed by atoms with van der Waals surface area (Å²) in [5.74, 6) is 2.42. The summed E-state index contributed by atoms with van der Waals surface area (Å²) in [6, 6.07) is 6.13. The van der Waals surface area contributed by atoms with Crippen LogP contribution in [0.25, 0.3) is 11.0 Å². The van der Waals surface area contributed by atoms with E-state index in [1.165, 1.54) is 0 Å². The molecule has 1 aromatic carbocycles. The topological polar surface area (TPSA) is 53.1 Å². The minimum absolute atomic E-state index is 0.0174. The highest BCUT2D eigenvalue weighted by Crippen LogP contribution is 2.26. The zero-order valence-electron chi connectivity index (χ0n) is 13.6. The van der Waals surface area contributed by atoms with Gasteiger partial charge in [0.25, 0.3) is 0 Å². The van der Waals surface area contributed by atoms with Gasteiger partial charge in [-0.3, -0.25) is 0 Å². The van der Waals surface area contributed by atoms with E-state index in [0.29, 0.717) is 5.92 Å². The van der Waals surface area contributed by atoms with Gasteiger partial charge in [0.1, 0.15) is 11.6 Å². The summed E-state index contributed by atoms with van der Waals surface area (Å²) in [6.07, 6.45) is 1.90. The fourth-order valence-electron chi connectivity index (χ4n) is 2.46.